The SMILES string of the molecule is Cc1nn(C(C)C)cc1CN1CCCC(CCN)C1.Cl. The summed E-state index contributed by atoms with van der Waals surface area (Å²) in [5, 5.41) is 4.60. The van der Waals surface area contributed by atoms with E-state index in [1.165, 1.54) is 43.6 Å². The Balaban J connectivity index is 0.00000200. The maximum absolute atomic E-state index is 5.69. The first-order chi connectivity index (χ1) is 9.10. The molecule has 4 nitrogen and oxygen atoms in total. The molecule has 0 aliphatic carbocycles. The van der Waals surface area contributed by atoms with Gasteiger partial charge in [0.05, 0.1) is 5.69 Å². The second-order valence-corrected chi connectivity index (χ2v) is 6.13. The molecule has 1 unspecified atom stereocenters. The minimum atomic E-state index is 0. The number of nitrogens with two attached hydrogens (primary N) is 1. The van der Waals surface area contributed by atoms with Gasteiger partial charge < -0.3 is 5.73 Å². The number of aryl methyl sites for hydroxylation is 1. The molecule has 1 saturated heterocycles. The predicted molar refractivity (Wildman–Crippen MR) is 86.3 cm³/mol. The van der Waals surface area contributed by atoms with Crippen molar-refractivity contribution in [2.45, 2.75) is 52.6 Å². The highest BCUT2D eigenvalue weighted by Gasteiger charge is 2.20. The first-order valence-corrected chi connectivity index (χ1v) is 7.57. The zero-order chi connectivity index (χ0) is 13.8. The molecule has 2 N–H and O–H groups in total. The summed E-state index contributed by atoms with van der Waals surface area (Å²) in [5.41, 5.74) is 8.24. The molecule has 0 bridgehead atoms. The summed E-state index contributed by atoms with van der Waals surface area (Å²) in [6, 6.07) is 0.443. The number of piperidine rings is 1. The van der Waals surface area contributed by atoms with Crippen LogP contribution in [-0.2, 0) is 6.54 Å². The molecule has 2 rings (SSSR count). The van der Waals surface area contributed by atoms with Gasteiger partial charge in [-0.25, -0.2) is 0 Å². The summed E-state index contributed by atoms with van der Waals surface area (Å²) in [6.45, 7) is 10.7. The van der Waals surface area contributed by atoms with Crippen LogP contribution < -0.4 is 5.73 Å². The molecule has 0 amide bonds. The standard InChI is InChI=1S/C15H28N4.ClH/c1-12(2)19-11-15(13(3)17-19)10-18-8-4-5-14(9-18)6-7-16;/h11-12,14H,4-10,16H2,1-3H3;1H. The van der Waals surface area contributed by atoms with Gasteiger partial charge in [-0.05, 0) is 59.0 Å². The molecule has 5 heteroatoms. The average Bonchev–Trinajstić information content (AvgIpc) is 2.72. The van der Waals surface area contributed by atoms with Crippen molar-refractivity contribution in [3.8, 4) is 0 Å². The number of nitrogens with zero attached hydrogens (tertiary/aromatic N) is 3. The van der Waals surface area contributed by atoms with Crippen molar-refractivity contribution in [2.75, 3.05) is 19.6 Å². The third-order valence-corrected chi connectivity index (χ3v) is 4.12. The molecule has 1 aromatic heterocycles. The molecule has 1 aliphatic rings. The van der Waals surface area contributed by atoms with E-state index in [-0.39, 0.29) is 12.4 Å². The number of rotatable bonds is 5. The summed E-state index contributed by atoms with van der Waals surface area (Å²) >= 11 is 0. The monoisotopic (exact) mass is 300 g/mol. The van der Waals surface area contributed by atoms with Crippen LogP contribution >= 0.6 is 12.4 Å². The minimum Gasteiger partial charge on any atom is -0.330 e. The minimum absolute atomic E-state index is 0. The quantitative estimate of drug-likeness (QED) is 0.909. The summed E-state index contributed by atoms with van der Waals surface area (Å²) in [4.78, 5) is 2.57. The lowest BCUT2D eigenvalue weighted by Gasteiger charge is -2.32. The normalized spacial score (nSPS) is 20.1. The van der Waals surface area contributed by atoms with E-state index in [1.54, 1.807) is 0 Å². The van der Waals surface area contributed by atoms with Gasteiger partial charge in [-0.15, -0.1) is 12.4 Å². The zero-order valence-corrected chi connectivity index (χ0v) is 13.8. The van der Waals surface area contributed by atoms with Crippen molar-refractivity contribution in [1.82, 2.24) is 14.7 Å². The van der Waals surface area contributed by atoms with Crippen LogP contribution in [0.4, 0.5) is 0 Å². The van der Waals surface area contributed by atoms with Gasteiger partial charge in [-0.2, -0.15) is 5.10 Å². The van der Waals surface area contributed by atoms with Gasteiger partial charge in [0.15, 0.2) is 0 Å². The molecule has 0 saturated carbocycles. The van der Waals surface area contributed by atoms with Crippen LogP contribution in [0, 0.1) is 12.8 Å². The number of aromatic nitrogens is 2. The number of hydrogen-bond acceptors (Lipinski definition) is 3. The maximum Gasteiger partial charge on any atom is 0.0638 e. The molecule has 1 aromatic rings. The van der Waals surface area contributed by atoms with E-state index in [0.29, 0.717) is 6.04 Å². The Hall–Kier alpha value is -0.580. The second kappa shape index (κ2) is 8.01. The number of halogens is 1. The summed E-state index contributed by atoms with van der Waals surface area (Å²) < 4.78 is 2.08. The Morgan fingerprint density at radius 1 is 1.45 bits per heavy atom. The van der Waals surface area contributed by atoms with Gasteiger partial charge in [0.2, 0.25) is 0 Å². The van der Waals surface area contributed by atoms with Crippen molar-refractivity contribution < 1.29 is 0 Å². The zero-order valence-electron chi connectivity index (χ0n) is 13.0. The summed E-state index contributed by atoms with van der Waals surface area (Å²) in [6.07, 6.45) is 6.03. The van der Waals surface area contributed by atoms with Crippen molar-refractivity contribution >= 4 is 12.4 Å². The van der Waals surface area contributed by atoms with E-state index in [0.717, 1.165) is 19.0 Å². The lowest BCUT2D eigenvalue weighted by atomic mass is 9.94. The molecule has 0 aromatic carbocycles. The lowest BCUT2D eigenvalue weighted by Crippen LogP contribution is -2.35. The van der Waals surface area contributed by atoms with Gasteiger partial charge in [-0.1, -0.05) is 0 Å². The first-order valence-electron chi connectivity index (χ1n) is 7.57. The van der Waals surface area contributed by atoms with Crippen molar-refractivity contribution in [2.24, 2.45) is 11.7 Å². The Morgan fingerprint density at radius 2 is 2.20 bits per heavy atom. The average molecular weight is 301 g/mol. The van der Waals surface area contributed by atoms with E-state index < -0.39 is 0 Å². The highest BCUT2D eigenvalue weighted by molar-refractivity contribution is 5.85. The van der Waals surface area contributed by atoms with Crippen LogP contribution in [0.15, 0.2) is 6.20 Å². The molecular weight excluding hydrogens is 272 g/mol. The smallest absolute Gasteiger partial charge is 0.0638 e. The summed E-state index contributed by atoms with van der Waals surface area (Å²) in [5.74, 6) is 0.791. The lowest BCUT2D eigenvalue weighted by molar-refractivity contribution is 0.163. The van der Waals surface area contributed by atoms with Crippen molar-refractivity contribution in [1.29, 1.82) is 0 Å². The summed E-state index contributed by atoms with van der Waals surface area (Å²) in [7, 11) is 0. The van der Waals surface area contributed by atoms with E-state index in [1.807, 2.05) is 0 Å². The molecule has 0 radical (unpaired) electrons. The van der Waals surface area contributed by atoms with E-state index in [4.69, 9.17) is 5.73 Å². The van der Waals surface area contributed by atoms with Crippen molar-refractivity contribution in [3.05, 3.63) is 17.5 Å². The molecule has 0 spiro atoms. The molecule has 20 heavy (non-hydrogen) atoms. The molecule has 1 fully saturated rings. The third-order valence-electron chi connectivity index (χ3n) is 4.12. The Kier molecular flexibility index (Phi) is 7.00. The van der Waals surface area contributed by atoms with Gasteiger partial charge in [-0.3, -0.25) is 9.58 Å². The van der Waals surface area contributed by atoms with Crippen LogP contribution in [0.2, 0.25) is 0 Å². The predicted octanol–water partition coefficient (Wildman–Crippen LogP) is 2.76. The maximum atomic E-state index is 5.69. The van der Waals surface area contributed by atoms with Gasteiger partial charge >= 0.3 is 0 Å². The van der Waals surface area contributed by atoms with Crippen LogP contribution in [0.3, 0.4) is 0 Å². The van der Waals surface area contributed by atoms with Crippen LogP contribution in [-0.4, -0.2) is 34.3 Å². The van der Waals surface area contributed by atoms with Gasteiger partial charge in [0, 0.05) is 30.9 Å². The van der Waals surface area contributed by atoms with Crippen LogP contribution in [0.25, 0.3) is 0 Å². The Morgan fingerprint density at radius 3 is 2.80 bits per heavy atom. The van der Waals surface area contributed by atoms with Gasteiger partial charge in [0.25, 0.3) is 0 Å². The first kappa shape index (κ1) is 17.5. The highest BCUT2D eigenvalue weighted by atomic mass is 35.5. The fraction of sp³-hybridized carbons (Fsp3) is 0.800. The largest absolute Gasteiger partial charge is 0.330 e. The fourth-order valence-electron chi connectivity index (χ4n) is 2.95. The van der Waals surface area contributed by atoms with Crippen LogP contribution in [0.5, 0.6) is 0 Å². The Bertz CT molecular complexity index is 401. The molecule has 1 atom stereocenters. The molecule has 1 aliphatic heterocycles. The van der Waals surface area contributed by atoms with Gasteiger partial charge in [0.1, 0.15) is 0 Å². The van der Waals surface area contributed by atoms with E-state index in [9.17, 15) is 0 Å². The molecule has 116 valence electrons. The molecule has 2 heterocycles. The Labute approximate surface area is 129 Å². The van der Waals surface area contributed by atoms with Crippen molar-refractivity contribution in [3.63, 3.8) is 0 Å². The molecular formula is C15H29ClN4. The topological polar surface area (TPSA) is 47.1 Å². The highest BCUT2D eigenvalue weighted by Crippen LogP contribution is 2.21. The fourth-order valence-corrected chi connectivity index (χ4v) is 2.95. The third kappa shape index (κ3) is 4.47. The number of likely N-dealkylation sites (tertiary alicyclic amines) is 1. The van der Waals surface area contributed by atoms with E-state index in [2.05, 4.69) is 41.6 Å². The second-order valence-electron chi connectivity index (χ2n) is 6.13. The van der Waals surface area contributed by atoms with E-state index >= 15 is 0 Å². The number of hydrogen-bond donors (Lipinski definition) is 1. The van der Waals surface area contributed by atoms with Crippen LogP contribution in [0.1, 0.15) is 50.4 Å².